The number of likely N-dealkylation sites (N-methyl/N-ethyl adjacent to an activating group) is 1. The van der Waals surface area contributed by atoms with Crippen LogP contribution in [0.15, 0.2) is 10.8 Å². The van der Waals surface area contributed by atoms with Crippen molar-refractivity contribution in [2.45, 2.75) is 19.8 Å². The predicted molar refractivity (Wildman–Crippen MR) is 54.8 cm³/mol. The van der Waals surface area contributed by atoms with Crippen molar-refractivity contribution in [1.82, 2.24) is 10.1 Å². The molecule has 1 amide bonds. The number of carbonyl (C=O) groups is 2. The van der Waals surface area contributed by atoms with Crippen molar-refractivity contribution in [3.8, 4) is 0 Å². The van der Waals surface area contributed by atoms with Crippen molar-refractivity contribution in [3.63, 3.8) is 0 Å². The lowest BCUT2D eigenvalue weighted by molar-refractivity contribution is -0.138. The van der Waals surface area contributed by atoms with E-state index in [0.29, 0.717) is 5.69 Å². The number of hydrogen-bond donors (Lipinski definition) is 1. The Morgan fingerprint density at radius 3 is 2.75 bits per heavy atom. The lowest BCUT2D eigenvalue weighted by Crippen LogP contribution is -2.30. The second-order valence-corrected chi connectivity index (χ2v) is 3.56. The van der Waals surface area contributed by atoms with Crippen LogP contribution in [0.25, 0.3) is 0 Å². The summed E-state index contributed by atoms with van der Waals surface area (Å²) >= 11 is 0. The highest BCUT2D eigenvalue weighted by atomic mass is 16.5. The number of carbonyl (C=O) groups excluding carboxylic acids is 1. The van der Waals surface area contributed by atoms with E-state index < -0.39 is 5.97 Å². The molecule has 0 saturated carbocycles. The summed E-state index contributed by atoms with van der Waals surface area (Å²) in [7, 11) is 1.58. The molecule has 0 radical (unpaired) electrons. The Balaban J connectivity index is 2.46. The Bertz CT molecular complexity index is 386. The van der Waals surface area contributed by atoms with Crippen molar-refractivity contribution in [2.75, 3.05) is 13.6 Å². The van der Waals surface area contributed by atoms with E-state index in [1.165, 1.54) is 11.2 Å². The van der Waals surface area contributed by atoms with Crippen LogP contribution in [0, 0.1) is 6.92 Å². The van der Waals surface area contributed by atoms with Gasteiger partial charge < -0.3 is 14.5 Å². The fraction of sp³-hybridized carbons (Fsp3) is 0.500. The number of aromatic nitrogens is 1. The van der Waals surface area contributed by atoms with E-state index in [0.717, 1.165) is 5.56 Å². The van der Waals surface area contributed by atoms with Crippen molar-refractivity contribution in [1.29, 1.82) is 0 Å². The molecule has 6 heteroatoms. The molecule has 6 nitrogen and oxygen atoms in total. The van der Waals surface area contributed by atoms with Gasteiger partial charge in [0.25, 0.3) is 0 Å². The number of nitrogens with zero attached hydrogens (tertiary/aromatic N) is 2. The first-order valence-electron chi connectivity index (χ1n) is 4.86. The maximum atomic E-state index is 11.6. The molecule has 0 fully saturated rings. The van der Waals surface area contributed by atoms with Gasteiger partial charge in [0, 0.05) is 19.2 Å². The maximum Gasteiger partial charge on any atom is 0.305 e. The molecule has 0 saturated heterocycles. The van der Waals surface area contributed by atoms with Gasteiger partial charge in [0.05, 0.1) is 18.5 Å². The van der Waals surface area contributed by atoms with Gasteiger partial charge in [0.15, 0.2) is 0 Å². The summed E-state index contributed by atoms with van der Waals surface area (Å²) < 4.78 is 4.71. The Hall–Kier alpha value is -1.85. The standard InChI is InChI=1S/C10H14N2O4/c1-7-8(6-16-11-7)5-9(13)12(2)4-3-10(14)15/h6H,3-5H2,1-2H3,(H,14,15). The zero-order chi connectivity index (χ0) is 12.1. The Morgan fingerprint density at radius 2 is 2.25 bits per heavy atom. The van der Waals surface area contributed by atoms with Crippen LogP contribution in [0.1, 0.15) is 17.7 Å². The third-order valence-corrected chi connectivity index (χ3v) is 2.28. The summed E-state index contributed by atoms with van der Waals surface area (Å²) in [4.78, 5) is 23.4. The number of carboxylic acid groups (broad SMARTS) is 1. The number of amides is 1. The Labute approximate surface area is 92.8 Å². The quantitative estimate of drug-likeness (QED) is 0.788. The van der Waals surface area contributed by atoms with E-state index in [-0.39, 0.29) is 25.3 Å². The number of rotatable bonds is 5. The van der Waals surface area contributed by atoms with Crippen LogP contribution in [0.3, 0.4) is 0 Å². The SMILES string of the molecule is Cc1nocc1CC(=O)N(C)CCC(=O)O. The zero-order valence-corrected chi connectivity index (χ0v) is 9.27. The van der Waals surface area contributed by atoms with Crippen LogP contribution in [-0.4, -0.2) is 40.6 Å². The van der Waals surface area contributed by atoms with Gasteiger partial charge in [-0.25, -0.2) is 0 Å². The molecule has 0 spiro atoms. The van der Waals surface area contributed by atoms with Crippen LogP contribution in [-0.2, 0) is 16.0 Å². The minimum absolute atomic E-state index is 0.0507. The number of aryl methyl sites for hydroxylation is 1. The molecule has 88 valence electrons. The highest BCUT2D eigenvalue weighted by Gasteiger charge is 2.13. The minimum Gasteiger partial charge on any atom is -0.481 e. The van der Waals surface area contributed by atoms with Gasteiger partial charge in [-0.15, -0.1) is 0 Å². The third-order valence-electron chi connectivity index (χ3n) is 2.28. The van der Waals surface area contributed by atoms with Gasteiger partial charge in [-0.1, -0.05) is 5.16 Å². The average Bonchev–Trinajstić information content (AvgIpc) is 2.60. The van der Waals surface area contributed by atoms with Crippen LogP contribution < -0.4 is 0 Å². The van der Waals surface area contributed by atoms with Crippen molar-refractivity contribution in [3.05, 3.63) is 17.5 Å². The van der Waals surface area contributed by atoms with Gasteiger partial charge in [-0.05, 0) is 6.92 Å². The molecule has 0 bridgehead atoms. The molecule has 0 aliphatic heterocycles. The summed E-state index contributed by atoms with van der Waals surface area (Å²) in [6, 6.07) is 0. The topological polar surface area (TPSA) is 83.6 Å². The lowest BCUT2D eigenvalue weighted by atomic mass is 10.2. The van der Waals surface area contributed by atoms with E-state index in [1.54, 1.807) is 14.0 Å². The van der Waals surface area contributed by atoms with Crippen LogP contribution in [0.2, 0.25) is 0 Å². The molecule has 0 atom stereocenters. The number of carboxylic acids is 1. The number of aliphatic carboxylic acids is 1. The highest BCUT2D eigenvalue weighted by molar-refractivity contribution is 5.79. The molecule has 0 aliphatic carbocycles. The average molecular weight is 226 g/mol. The smallest absolute Gasteiger partial charge is 0.305 e. The van der Waals surface area contributed by atoms with E-state index in [9.17, 15) is 9.59 Å². The van der Waals surface area contributed by atoms with Crippen molar-refractivity contribution < 1.29 is 19.2 Å². The number of hydrogen-bond acceptors (Lipinski definition) is 4. The van der Waals surface area contributed by atoms with E-state index in [4.69, 9.17) is 9.63 Å². The second kappa shape index (κ2) is 5.29. The molecular weight excluding hydrogens is 212 g/mol. The molecule has 1 rings (SSSR count). The first-order chi connectivity index (χ1) is 7.50. The van der Waals surface area contributed by atoms with Gasteiger partial charge >= 0.3 is 5.97 Å². The largest absolute Gasteiger partial charge is 0.481 e. The molecule has 16 heavy (non-hydrogen) atoms. The van der Waals surface area contributed by atoms with Crippen LogP contribution in [0.5, 0.6) is 0 Å². The Kier molecular flexibility index (Phi) is 4.04. The fourth-order valence-electron chi connectivity index (χ4n) is 1.17. The minimum atomic E-state index is -0.916. The first-order valence-corrected chi connectivity index (χ1v) is 4.86. The summed E-state index contributed by atoms with van der Waals surface area (Å²) in [5, 5.41) is 12.1. The lowest BCUT2D eigenvalue weighted by Gasteiger charge is -2.15. The van der Waals surface area contributed by atoms with E-state index in [1.807, 2.05) is 0 Å². The maximum absolute atomic E-state index is 11.6. The molecule has 1 aromatic heterocycles. The van der Waals surface area contributed by atoms with Gasteiger partial charge in [0.1, 0.15) is 6.26 Å². The molecule has 0 unspecified atom stereocenters. The molecule has 0 aromatic carbocycles. The van der Waals surface area contributed by atoms with E-state index in [2.05, 4.69) is 5.16 Å². The molecule has 1 heterocycles. The Morgan fingerprint density at radius 1 is 1.56 bits per heavy atom. The first kappa shape index (κ1) is 12.2. The molecular formula is C10H14N2O4. The second-order valence-electron chi connectivity index (χ2n) is 3.56. The van der Waals surface area contributed by atoms with Crippen molar-refractivity contribution in [2.24, 2.45) is 0 Å². The summed E-state index contributed by atoms with van der Waals surface area (Å²) in [5.41, 5.74) is 1.41. The van der Waals surface area contributed by atoms with Crippen LogP contribution in [0.4, 0.5) is 0 Å². The fourth-order valence-corrected chi connectivity index (χ4v) is 1.17. The van der Waals surface area contributed by atoms with Crippen LogP contribution >= 0.6 is 0 Å². The summed E-state index contributed by atoms with van der Waals surface area (Å²) in [6.45, 7) is 1.96. The monoisotopic (exact) mass is 226 g/mol. The third kappa shape index (κ3) is 3.38. The normalized spacial score (nSPS) is 10.1. The summed E-state index contributed by atoms with van der Waals surface area (Å²) in [5.74, 6) is -1.06. The molecule has 0 aliphatic rings. The predicted octanol–water partition coefficient (Wildman–Crippen LogP) is 0.459. The highest BCUT2D eigenvalue weighted by Crippen LogP contribution is 2.07. The zero-order valence-electron chi connectivity index (χ0n) is 9.27. The van der Waals surface area contributed by atoms with Crippen molar-refractivity contribution >= 4 is 11.9 Å². The molecule has 1 N–H and O–H groups in total. The molecule has 1 aromatic rings. The van der Waals surface area contributed by atoms with Gasteiger partial charge in [-0.2, -0.15) is 0 Å². The van der Waals surface area contributed by atoms with E-state index >= 15 is 0 Å². The summed E-state index contributed by atoms with van der Waals surface area (Å²) in [6.07, 6.45) is 1.56. The van der Waals surface area contributed by atoms with Gasteiger partial charge in [0.2, 0.25) is 5.91 Å². The van der Waals surface area contributed by atoms with Gasteiger partial charge in [-0.3, -0.25) is 9.59 Å².